The molecule has 2 heterocycles. The van der Waals surface area contributed by atoms with Crippen LogP contribution < -0.4 is 0 Å². The number of likely N-dealkylation sites (N-methyl/N-ethyl adjacent to an activating group) is 1. The normalized spacial score (nSPS) is 29.7. The Bertz CT molecular complexity index is 445. The van der Waals surface area contributed by atoms with E-state index in [2.05, 4.69) is 30.6 Å². The third kappa shape index (κ3) is 5.89. The number of amides is 1. The van der Waals surface area contributed by atoms with Gasteiger partial charge in [0.1, 0.15) is 6.10 Å². The van der Waals surface area contributed by atoms with Crippen molar-refractivity contribution in [2.24, 2.45) is 0 Å². The van der Waals surface area contributed by atoms with Gasteiger partial charge in [0.25, 0.3) is 5.91 Å². The Labute approximate surface area is 158 Å². The fraction of sp³-hybridized carbons (Fsp3) is 0.947. The lowest BCUT2D eigenvalue weighted by Crippen LogP contribution is -2.56. The van der Waals surface area contributed by atoms with Crippen molar-refractivity contribution in [3.63, 3.8) is 0 Å². The number of rotatable bonds is 7. The molecule has 26 heavy (non-hydrogen) atoms. The van der Waals surface area contributed by atoms with E-state index < -0.39 is 0 Å². The lowest BCUT2D eigenvalue weighted by Gasteiger charge is -2.43. The van der Waals surface area contributed by atoms with Gasteiger partial charge in [0, 0.05) is 59.5 Å². The largest absolute Gasteiger partial charge is 0.382 e. The Kier molecular flexibility index (Phi) is 8.29. The van der Waals surface area contributed by atoms with Crippen LogP contribution in [0.15, 0.2) is 0 Å². The van der Waals surface area contributed by atoms with Gasteiger partial charge in [0.15, 0.2) is 0 Å². The maximum Gasteiger partial charge on any atom is 0.252 e. The van der Waals surface area contributed by atoms with Crippen molar-refractivity contribution >= 4 is 5.91 Å². The zero-order valence-electron chi connectivity index (χ0n) is 17.3. The molecule has 4 atom stereocenters. The molecule has 2 fully saturated rings. The van der Waals surface area contributed by atoms with Crippen LogP contribution in [0, 0.1) is 0 Å². The van der Waals surface area contributed by atoms with Crippen LogP contribution >= 0.6 is 0 Å². The first-order chi connectivity index (χ1) is 12.3. The van der Waals surface area contributed by atoms with Gasteiger partial charge in [-0.3, -0.25) is 14.6 Å². The molecule has 0 saturated carbocycles. The molecule has 0 spiro atoms. The van der Waals surface area contributed by atoms with Crippen LogP contribution in [0.4, 0.5) is 0 Å². The Balaban J connectivity index is 1.96. The smallest absolute Gasteiger partial charge is 0.252 e. The molecule has 0 aromatic rings. The van der Waals surface area contributed by atoms with Crippen molar-refractivity contribution in [2.75, 3.05) is 60.6 Å². The van der Waals surface area contributed by atoms with Gasteiger partial charge < -0.3 is 19.1 Å². The van der Waals surface area contributed by atoms with E-state index in [0.29, 0.717) is 25.2 Å². The highest BCUT2D eigenvalue weighted by atomic mass is 16.5. The molecule has 152 valence electrons. The fourth-order valence-corrected chi connectivity index (χ4v) is 3.80. The van der Waals surface area contributed by atoms with E-state index in [9.17, 15) is 4.79 Å². The van der Waals surface area contributed by atoms with Crippen molar-refractivity contribution in [2.45, 2.75) is 57.6 Å². The number of morpholine rings is 2. The minimum atomic E-state index is -0.371. The van der Waals surface area contributed by atoms with Gasteiger partial charge in [-0.2, -0.15) is 0 Å². The SMILES string of the molecule is COC[C@@H]1CN(C(C)CC2CN(C(C)C)C[C@@H](C(=O)N(C)C)O2)CCO1. The van der Waals surface area contributed by atoms with E-state index >= 15 is 0 Å². The molecule has 0 bridgehead atoms. The van der Waals surface area contributed by atoms with Crippen LogP contribution in [0.5, 0.6) is 0 Å². The van der Waals surface area contributed by atoms with Gasteiger partial charge in [-0.1, -0.05) is 0 Å². The van der Waals surface area contributed by atoms with Crippen LogP contribution in [0.2, 0.25) is 0 Å². The first kappa shape index (κ1) is 21.6. The number of methoxy groups -OCH3 is 1. The lowest BCUT2D eigenvalue weighted by molar-refractivity contribution is -0.159. The summed E-state index contributed by atoms with van der Waals surface area (Å²) in [6.45, 7) is 11.3. The van der Waals surface area contributed by atoms with Crippen LogP contribution in [-0.2, 0) is 19.0 Å². The molecule has 7 heteroatoms. The molecule has 1 amide bonds. The van der Waals surface area contributed by atoms with Gasteiger partial charge in [-0.05, 0) is 27.2 Å². The Hall–Kier alpha value is -0.730. The quantitative estimate of drug-likeness (QED) is 0.656. The number of carbonyl (C=O) groups excluding carboxylic acids is 1. The van der Waals surface area contributed by atoms with Crippen LogP contribution in [0.1, 0.15) is 27.2 Å². The Morgan fingerprint density at radius 3 is 2.46 bits per heavy atom. The number of hydrogen-bond donors (Lipinski definition) is 0. The molecule has 0 aliphatic carbocycles. The highest BCUT2D eigenvalue weighted by molar-refractivity contribution is 5.80. The summed E-state index contributed by atoms with van der Waals surface area (Å²) in [4.78, 5) is 18.9. The van der Waals surface area contributed by atoms with Crippen molar-refractivity contribution < 1.29 is 19.0 Å². The summed E-state index contributed by atoms with van der Waals surface area (Å²) in [6.07, 6.45) is 0.752. The first-order valence-electron chi connectivity index (χ1n) is 9.77. The second-order valence-corrected chi connectivity index (χ2v) is 8.05. The minimum Gasteiger partial charge on any atom is -0.382 e. The molecule has 7 nitrogen and oxygen atoms in total. The molecule has 2 saturated heterocycles. The van der Waals surface area contributed by atoms with Crippen molar-refractivity contribution in [3.05, 3.63) is 0 Å². The third-order valence-corrected chi connectivity index (χ3v) is 5.39. The number of ether oxygens (including phenoxy) is 3. The summed E-state index contributed by atoms with van der Waals surface area (Å²) >= 11 is 0. The second kappa shape index (κ2) is 9.99. The van der Waals surface area contributed by atoms with Crippen LogP contribution in [0.3, 0.4) is 0 Å². The molecule has 0 radical (unpaired) electrons. The number of nitrogens with zero attached hydrogens (tertiary/aromatic N) is 3. The number of hydrogen-bond acceptors (Lipinski definition) is 6. The van der Waals surface area contributed by atoms with E-state index in [4.69, 9.17) is 14.2 Å². The van der Waals surface area contributed by atoms with Gasteiger partial charge in [0.05, 0.1) is 25.4 Å². The van der Waals surface area contributed by atoms with E-state index in [1.807, 2.05) is 0 Å². The third-order valence-electron chi connectivity index (χ3n) is 5.39. The average molecular weight is 372 g/mol. The second-order valence-electron chi connectivity index (χ2n) is 8.05. The van der Waals surface area contributed by atoms with E-state index in [1.165, 1.54) is 0 Å². The summed E-state index contributed by atoms with van der Waals surface area (Å²) < 4.78 is 17.2. The lowest BCUT2D eigenvalue weighted by atomic mass is 10.0. The van der Waals surface area contributed by atoms with Crippen molar-refractivity contribution in [1.82, 2.24) is 14.7 Å². The molecular weight excluding hydrogens is 334 g/mol. The predicted octanol–water partition coefficient (Wildman–Crippen LogP) is 0.678. The Morgan fingerprint density at radius 1 is 1.15 bits per heavy atom. The van der Waals surface area contributed by atoms with E-state index in [-0.39, 0.29) is 24.2 Å². The van der Waals surface area contributed by atoms with Crippen LogP contribution in [0.25, 0.3) is 0 Å². The highest BCUT2D eigenvalue weighted by Gasteiger charge is 2.35. The minimum absolute atomic E-state index is 0.0551. The van der Waals surface area contributed by atoms with Gasteiger partial charge in [-0.25, -0.2) is 0 Å². The van der Waals surface area contributed by atoms with Gasteiger partial charge >= 0.3 is 0 Å². The summed E-state index contributed by atoms with van der Waals surface area (Å²) in [5.74, 6) is 0.0551. The van der Waals surface area contributed by atoms with Crippen molar-refractivity contribution in [3.8, 4) is 0 Å². The molecule has 2 unspecified atom stereocenters. The molecular formula is C19H37N3O4. The maximum absolute atomic E-state index is 12.4. The molecule has 2 aliphatic heterocycles. The zero-order valence-corrected chi connectivity index (χ0v) is 17.3. The maximum atomic E-state index is 12.4. The average Bonchev–Trinajstić information content (AvgIpc) is 2.61. The summed E-state index contributed by atoms with van der Waals surface area (Å²) in [7, 11) is 5.30. The van der Waals surface area contributed by atoms with Gasteiger partial charge in [0.2, 0.25) is 0 Å². The zero-order chi connectivity index (χ0) is 19.3. The molecule has 0 N–H and O–H groups in total. The monoisotopic (exact) mass is 371 g/mol. The molecule has 0 aromatic carbocycles. The standard InChI is InChI=1S/C19H37N3O4/c1-14(2)22-10-16(26-18(12-22)19(23)20(4)5)9-15(3)21-7-8-25-17(11-21)13-24-6/h14-18H,7-13H2,1-6H3/t15?,16?,17-,18-/m0/s1. The molecule has 0 aromatic heterocycles. The topological polar surface area (TPSA) is 54.5 Å². The van der Waals surface area contributed by atoms with E-state index in [0.717, 1.165) is 32.7 Å². The molecule has 2 aliphatic rings. The number of carbonyl (C=O) groups is 1. The van der Waals surface area contributed by atoms with E-state index in [1.54, 1.807) is 26.1 Å². The summed E-state index contributed by atoms with van der Waals surface area (Å²) in [5.41, 5.74) is 0. The molecule has 2 rings (SSSR count). The summed E-state index contributed by atoms with van der Waals surface area (Å²) in [6, 6.07) is 0.786. The van der Waals surface area contributed by atoms with Crippen molar-refractivity contribution in [1.29, 1.82) is 0 Å². The summed E-state index contributed by atoms with van der Waals surface area (Å²) in [5, 5.41) is 0. The Morgan fingerprint density at radius 2 is 1.85 bits per heavy atom. The highest BCUT2D eigenvalue weighted by Crippen LogP contribution is 2.21. The fourth-order valence-electron chi connectivity index (χ4n) is 3.80. The van der Waals surface area contributed by atoms with Gasteiger partial charge in [-0.15, -0.1) is 0 Å². The predicted molar refractivity (Wildman–Crippen MR) is 101 cm³/mol. The first-order valence-corrected chi connectivity index (χ1v) is 9.77. The van der Waals surface area contributed by atoms with Crippen LogP contribution in [-0.4, -0.2) is 112 Å².